The summed E-state index contributed by atoms with van der Waals surface area (Å²) in [6, 6.07) is 22.7. The lowest BCUT2D eigenvalue weighted by atomic mass is 10.1. The first-order valence-corrected chi connectivity index (χ1v) is 20.2. The molecule has 0 atom stereocenters. The van der Waals surface area contributed by atoms with Gasteiger partial charge < -0.3 is 31.5 Å². The molecule has 11 N–H and O–H groups in total. The van der Waals surface area contributed by atoms with E-state index in [2.05, 4.69) is 37.5 Å². The molecule has 5 aromatic rings. The second kappa shape index (κ2) is 20.4. The molecular formula is C44H43Cl4N8O6+. The number of benzene rings is 5. The van der Waals surface area contributed by atoms with E-state index in [0.29, 0.717) is 55.3 Å². The molecule has 0 spiro atoms. The van der Waals surface area contributed by atoms with Crippen molar-refractivity contribution in [2.45, 2.75) is 41.5 Å². The van der Waals surface area contributed by atoms with Gasteiger partial charge in [0.1, 0.15) is 16.5 Å². The zero-order valence-electron chi connectivity index (χ0n) is 34.2. The van der Waals surface area contributed by atoms with E-state index in [1.165, 1.54) is 43.5 Å². The molecular weight excluding hydrogens is 878 g/mol. The zero-order chi connectivity index (χ0) is 45.4. The number of nitrogens with two attached hydrogens (primary N) is 1. The van der Waals surface area contributed by atoms with Crippen molar-refractivity contribution in [1.29, 1.82) is 0 Å². The van der Waals surface area contributed by atoms with E-state index in [1.807, 2.05) is 13.8 Å². The maximum Gasteiger partial charge on any atom is 0.280 e. The van der Waals surface area contributed by atoms with Gasteiger partial charge in [-0.15, -0.1) is 0 Å². The van der Waals surface area contributed by atoms with Gasteiger partial charge in [-0.3, -0.25) is 30.0 Å². The smallest absolute Gasteiger partial charge is 0.280 e. The van der Waals surface area contributed by atoms with E-state index in [0.717, 1.165) is 11.1 Å². The monoisotopic (exact) mass is 919 g/mol. The number of quaternary nitrogens is 1. The molecule has 18 heteroatoms. The standard InChI is InChI=1S/C44H42Cl4N8O6/c1-21-7-11-29(45)19-37(21)49-41(59)27-9-13-33(31(47)17-27)53-55-39(25(5)57)43(61)51-35-15-24(4)36(16-23(35)3)52-44(62)40(26(6)58)56-54-34-14-10-28(18-32(34)48)42(60)50-38-20-30(46)12-8-22(38)2/h7-20,53-58H,1-6H3,(H,49,59)(H,50,60)(H,51,61)(H,52,62)/p+1. The highest BCUT2D eigenvalue weighted by Crippen LogP contribution is 2.28. The van der Waals surface area contributed by atoms with E-state index in [4.69, 9.17) is 46.4 Å². The minimum Gasteiger partial charge on any atom is -0.510 e. The van der Waals surface area contributed by atoms with Crippen LogP contribution in [0.4, 0.5) is 34.1 Å². The molecule has 0 radical (unpaired) electrons. The van der Waals surface area contributed by atoms with Crippen molar-refractivity contribution >= 4 is 104 Å². The van der Waals surface area contributed by atoms with Crippen molar-refractivity contribution in [3.05, 3.63) is 161 Å². The molecule has 0 saturated heterocycles. The van der Waals surface area contributed by atoms with Crippen LogP contribution in [0.2, 0.25) is 20.1 Å². The fraction of sp³-hybridized carbons (Fsp3) is 0.136. The lowest BCUT2D eigenvalue weighted by molar-refractivity contribution is -0.625. The second-order valence-corrected chi connectivity index (χ2v) is 15.8. The first kappa shape index (κ1) is 46.6. The van der Waals surface area contributed by atoms with Crippen LogP contribution in [-0.2, 0) is 9.59 Å². The maximum absolute atomic E-state index is 13.4. The van der Waals surface area contributed by atoms with Crippen molar-refractivity contribution in [2.75, 3.05) is 26.7 Å². The van der Waals surface area contributed by atoms with E-state index in [-0.39, 0.29) is 44.1 Å². The van der Waals surface area contributed by atoms with Crippen molar-refractivity contribution in [3.63, 3.8) is 0 Å². The van der Waals surface area contributed by atoms with Gasteiger partial charge in [0.15, 0.2) is 17.1 Å². The summed E-state index contributed by atoms with van der Waals surface area (Å²) >= 11 is 25.1. The number of hydrazine groups is 1. The first-order valence-electron chi connectivity index (χ1n) is 18.7. The predicted octanol–water partition coefficient (Wildman–Crippen LogP) is 9.51. The second-order valence-electron chi connectivity index (χ2n) is 14.1. The number of allylic oxidation sites excluding steroid dienone is 2. The summed E-state index contributed by atoms with van der Waals surface area (Å²) in [4.78, 5) is 52.7. The molecule has 5 rings (SSSR count). The van der Waals surface area contributed by atoms with E-state index in [1.54, 1.807) is 74.5 Å². The summed E-state index contributed by atoms with van der Waals surface area (Å²) in [5, 5.41) is 33.3. The number of hydrogen-bond acceptors (Lipinski definition) is 9. The lowest BCUT2D eigenvalue weighted by Crippen LogP contribution is -2.88. The van der Waals surface area contributed by atoms with Gasteiger partial charge in [-0.2, -0.15) is 0 Å². The third-order valence-electron chi connectivity index (χ3n) is 9.33. The molecule has 0 saturated carbocycles. The Balaban J connectivity index is 1.19. The Bertz CT molecular complexity index is 2480. The van der Waals surface area contributed by atoms with Crippen LogP contribution in [0.3, 0.4) is 0 Å². The van der Waals surface area contributed by atoms with Crippen LogP contribution >= 0.6 is 46.4 Å². The predicted molar refractivity (Wildman–Crippen MR) is 247 cm³/mol. The Morgan fingerprint density at radius 2 is 0.952 bits per heavy atom. The highest BCUT2D eigenvalue weighted by atomic mass is 35.5. The van der Waals surface area contributed by atoms with Gasteiger partial charge >= 0.3 is 0 Å². The van der Waals surface area contributed by atoms with Gasteiger partial charge in [0, 0.05) is 50.0 Å². The van der Waals surface area contributed by atoms with Crippen molar-refractivity contribution in [3.8, 4) is 0 Å². The normalized spacial score (nSPS) is 11.7. The van der Waals surface area contributed by atoms with Crippen molar-refractivity contribution in [2.24, 2.45) is 0 Å². The number of anilines is 5. The van der Waals surface area contributed by atoms with Crippen LogP contribution in [-0.4, -0.2) is 33.8 Å². The number of halogens is 4. The molecule has 4 amide bonds. The molecule has 0 aromatic heterocycles. The largest absolute Gasteiger partial charge is 0.510 e. The molecule has 0 unspecified atom stereocenters. The molecule has 62 heavy (non-hydrogen) atoms. The number of carbonyl (C=O) groups is 4. The molecule has 0 bridgehead atoms. The van der Waals surface area contributed by atoms with Gasteiger partial charge in [-0.1, -0.05) is 58.5 Å². The summed E-state index contributed by atoms with van der Waals surface area (Å²) in [7, 11) is 0. The summed E-state index contributed by atoms with van der Waals surface area (Å²) in [6.07, 6.45) is 0. The first-order chi connectivity index (χ1) is 29.3. The van der Waals surface area contributed by atoms with Crippen molar-refractivity contribution in [1.82, 2.24) is 10.9 Å². The van der Waals surface area contributed by atoms with Gasteiger partial charge in [0.2, 0.25) is 0 Å². The highest BCUT2D eigenvalue weighted by molar-refractivity contribution is 6.34. The highest BCUT2D eigenvalue weighted by Gasteiger charge is 2.21. The Morgan fingerprint density at radius 3 is 1.42 bits per heavy atom. The minimum absolute atomic E-state index is 0.152. The number of nitrogens with one attached hydrogen (secondary N) is 7. The molecule has 0 fully saturated rings. The lowest BCUT2D eigenvalue weighted by Gasteiger charge is -2.18. The van der Waals surface area contributed by atoms with E-state index in [9.17, 15) is 29.4 Å². The summed E-state index contributed by atoms with van der Waals surface area (Å²) in [5.41, 5.74) is 15.2. The SMILES string of the molecule is CC(O)=C(NNc1ccc(C(=O)Nc2cc(Cl)ccc2C)cc1Cl)C(=O)Nc1cc(C)c(NC(=O)C(N[NH2+]c2ccc(C(=O)Nc3cc(Cl)ccc3C)cc2Cl)=C(C)O)cc1C. The third kappa shape index (κ3) is 11.9. The topological polar surface area (TPSA) is 210 Å². The third-order valence-corrected chi connectivity index (χ3v) is 10.4. The van der Waals surface area contributed by atoms with Gasteiger partial charge in [-0.05, 0) is 131 Å². The van der Waals surface area contributed by atoms with E-state index < -0.39 is 23.6 Å². The van der Waals surface area contributed by atoms with Crippen LogP contribution in [0, 0.1) is 27.7 Å². The zero-order valence-corrected chi connectivity index (χ0v) is 37.2. The molecule has 14 nitrogen and oxygen atoms in total. The number of aryl methyl sites for hydroxylation is 4. The van der Waals surface area contributed by atoms with Crippen LogP contribution in [0.15, 0.2) is 108 Å². The number of amides is 4. The molecule has 0 aliphatic heterocycles. The average Bonchev–Trinajstić information content (AvgIpc) is 3.20. The quantitative estimate of drug-likeness (QED) is 0.0169. The molecule has 0 aliphatic rings. The van der Waals surface area contributed by atoms with Crippen LogP contribution in [0.25, 0.3) is 0 Å². The number of aliphatic hydroxyl groups excluding tert-OH is 2. The molecule has 0 aliphatic carbocycles. The van der Waals surface area contributed by atoms with Crippen molar-refractivity contribution < 1.29 is 34.8 Å². The fourth-order valence-electron chi connectivity index (χ4n) is 5.77. The molecule has 0 heterocycles. The Morgan fingerprint density at radius 1 is 0.500 bits per heavy atom. The van der Waals surface area contributed by atoms with Crippen LogP contribution in [0.1, 0.15) is 56.8 Å². The fourth-order valence-corrected chi connectivity index (χ4v) is 6.58. The summed E-state index contributed by atoms with van der Waals surface area (Å²) in [5.74, 6) is -2.84. The Labute approximate surface area is 377 Å². The number of aliphatic hydroxyl groups is 2. The van der Waals surface area contributed by atoms with Crippen LogP contribution < -0.4 is 43.0 Å². The maximum atomic E-state index is 13.4. The minimum atomic E-state index is -0.704. The number of hydrogen-bond donors (Lipinski definition) is 10. The van der Waals surface area contributed by atoms with Gasteiger partial charge in [-0.25, -0.2) is 10.9 Å². The Hall–Kier alpha value is -6.42. The van der Waals surface area contributed by atoms with E-state index >= 15 is 0 Å². The van der Waals surface area contributed by atoms with Gasteiger partial charge in [0.05, 0.1) is 10.7 Å². The summed E-state index contributed by atoms with van der Waals surface area (Å²) in [6.45, 7) is 9.75. The number of rotatable bonds is 14. The number of carbonyl (C=O) groups excluding carboxylic acids is 4. The van der Waals surface area contributed by atoms with Gasteiger partial charge in [0.25, 0.3) is 23.6 Å². The molecule has 5 aromatic carbocycles. The average molecular weight is 922 g/mol. The molecule has 322 valence electrons. The van der Waals surface area contributed by atoms with Crippen LogP contribution in [0.5, 0.6) is 0 Å². The summed E-state index contributed by atoms with van der Waals surface area (Å²) < 4.78 is 0. The Kier molecular flexibility index (Phi) is 15.4.